The zero-order chi connectivity index (χ0) is 25.5. The van der Waals surface area contributed by atoms with Crippen molar-refractivity contribution in [3.8, 4) is 0 Å². The Balaban J connectivity index is 0.000000604. The Morgan fingerprint density at radius 1 is 0.882 bits per heavy atom. The van der Waals surface area contributed by atoms with Crippen molar-refractivity contribution in [1.29, 1.82) is 0 Å². The molecule has 11 nitrogen and oxygen atoms in total. The van der Waals surface area contributed by atoms with Crippen LogP contribution in [0.4, 0.5) is 10.1 Å². The fraction of sp³-hybridized carbons (Fsp3) is 0.238. The van der Waals surface area contributed by atoms with Gasteiger partial charge in [0.25, 0.3) is 5.91 Å². The standard InChI is InChI=1S/C19H20FN3O4S.C2H2O4/c1-14(24)21-15-6-8-16(9-7-15)28(26,27)23-12-10-22(11-13-23)19(25)17-4-2-3-5-18(17)20;3-1(4)2(5)6/h2-9H,10-13H2,1H3,(H,21,24);(H,3,4)(H,5,6). The van der Waals surface area contributed by atoms with Gasteiger partial charge in [-0.25, -0.2) is 22.4 Å². The molecule has 1 saturated heterocycles. The van der Waals surface area contributed by atoms with Crippen LogP contribution in [0.3, 0.4) is 0 Å². The zero-order valence-corrected chi connectivity index (χ0v) is 18.8. The molecule has 3 rings (SSSR count). The van der Waals surface area contributed by atoms with Crippen LogP contribution in [-0.4, -0.2) is 77.8 Å². The summed E-state index contributed by atoms with van der Waals surface area (Å²) in [7, 11) is -3.72. The van der Waals surface area contributed by atoms with Crippen LogP contribution >= 0.6 is 0 Å². The molecule has 0 radical (unpaired) electrons. The minimum atomic E-state index is -3.72. The number of piperazine rings is 1. The van der Waals surface area contributed by atoms with Crippen molar-refractivity contribution in [2.24, 2.45) is 0 Å². The van der Waals surface area contributed by atoms with E-state index in [4.69, 9.17) is 19.8 Å². The van der Waals surface area contributed by atoms with Gasteiger partial charge in [-0.2, -0.15) is 4.31 Å². The largest absolute Gasteiger partial charge is 0.473 e. The maximum atomic E-state index is 13.8. The molecule has 0 bridgehead atoms. The molecule has 0 aliphatic carbocycles. The first-order valence-corrected chi connectivity index (χ1v) is 11.3. The van der Waals surface area contributed by atoms with Gasteiger partial charge in [0, 0.05) is 38.8 Å². The van der Waals surface area contributed by atoms with Gasteiger partial charge >= 0.3 is 11.9 Å². The van der Waals surface area contributed by atoms with E-state index in [-0.39, 0.29) is 42.5 Å². The molecule has 0 unspecified atom stereocenters. The Hall–Kier alpha value is -3.84. The van der Waals surface area contributed by atoms with Gasteiger partial charge in [0.05, 0.1) is 10.5 Å². The number of nitrogens with zero attached hydrogens (tertiary/aromatic N) is 2. The number of carbonyl (C=O) groups is 4. The lowest BCUT2D eigenvalue weighted by Gasteiger charge is -2.34. The molecular formula is C21H22FN3O8S. The molecule has 34 heavy (non-hydrogen) atoms. The molecule has 2 amide bonds. The molecule has 1 fully saturated rings. The Bertz CT molecular complexity index is 1160. The fourth-order valence-corrected chi connectivity index (χ4v) is 4.42. The van der Waals surface area contributed by atoms with Gasteiger partial charge in [0.15, 0.2) is 0 Å². The van der Waals surface area contributed by atoms with E-state index >= 15 is 0 Å². The summed E-state index contributed by atoms with van der Waals surface area (Å²) in [5, 5.41) is 17.4. The molecule has 1 aliphatic rings. The Labute approximate surface area is 194 Å². The number of carboxylic acid groups (broad SMARTS) is 2. The van der Waals surface area contributed by atoms with Crippen molar-refractivity contribution >= 4 is 39.5 Å². The zero-order valence-electron chi connectivity index (χ0n) is 18.0. The topological polar surface area (TPSA) is 161 Å². The minimum Gasteiger partial charge on any atom is -0.473 e. The van der Waals surface area contributed by atoms with Gasteiger partial charge < -0.3 is 20.4 Å². The Kier molecular flexibility index (Phi) is 8.81. The second-order valence-corrected chi connectivity index (χ2v) is 8.93. The lowest BCUT2D eigenvalue weighted by atomic mass is 10.1. The highest BCUT2D eigenvalue weighted by molar-refractivity contribution is 7.89. The molecule has 2 aromatic carbocycles. The maximum absolute atomic E-state index is 13.8. The summed E-state index contributed by atoms with van der Waals surface area (Å²) in [5.41, 5.74) is 0.485. The van der Waals surface area contributed by atoms with Crippen molar-refractivity contribution < 1.29 is 42.2 Å². The van der Waals surface area contributed by atoms with Gasteiger partial charge in [0.1, 0.15) is 5.82 Å². The van der Waals surface area contributed by atoms with Crippen LogP contribution in [0.5, 0.6) is 0 Å². The van der Waals surface area contributed by atoms with Crippen molar-refractivity contribution in [3.05, 3.63) is 59.9 Å². The van der Waals surface area contributed by atoms with Crippen LogP contribution < -0.4 is 5.32 Å². The monoisotopic (exact) mass is 495 g/mol. The smallest absolute Gasteiger partial charge is 0.414 e. The van der Waals surface area contributed by atoms with Crippen LogP contribution in [0.2, 0.25) is 0 Å². The average molecular weight is 495 g/mol. The molecule has 0 aromatic heterocycles. The number of amides is 2. The third-order valence-electron chi connectivity index (χ3n) is 4.63. The van der Waals surface area contributed by atoms with Crippen molar-refractivity contribution in [2.45, 2.75) is 11.8 Å². The van der Waals surface area contributed by atoms with E-state index in [9.17, 15) is 22.4 Å². The van der Waals surface area contributed by atoms with Crippen LogP contribution in [-0.2, 0) is 24.4 Å². The minimum absolute atomic E-state index is 0.0210. The Morgan fingerprint density at radius 2 is 1.41 bits per heavy atom. The van der Waals surface area contributed by atoms with Gasteiger partial charge in [-0.3, -0.25) is 9.59 Å². The first kappa shape index (κ1) is 26.4. The molecule has 0 atom stereocenters. The van der Waals surface area contributed by atoms with Crippen LogP contribution in [0, 0.1) is 5.82 Å². The van der Waals surface area contributed by atoms with Gasteiger partial charge in [-0.15, -0.1) is 0 Å². The number of rotatable bonds is 4. The van der Waals surface area contributed by atoms with E-state index in [1.807, 2.05) is 0 Å². The summed E-state index contributed by atoms with van der Waals surface area (Å²) in [4.78, 5) is 43.3. The van der Waals surface area contributed by atoms with E-state index in [2.05, 4.69) is 5.32 Å². The second-order valence-electron chi connectivity index (χ2n) is 6.99. The molecule has 1 aliphatic heterocycles. The lowest BCUT2D eigenvalue weighted by Crippen LogP contribution is -2.50. The quantitative estimate of drug-likeness (QED) is 0.531. The number of carbonyl (C=O) groups excluding carboxylic acids is 2. The molecule has 13 heteroatoms. The number of anilines is 1. The molecule has 2 aromatic rings. The van der Waals surface area contributed by atoms with Crippen LogP contribution in [0.25, 0.3) is 0 Å². The normalized spacial score (nSPS) is 13.9. The number of carboxylic acids is 2. The highest BCUT2D eigenvalue weighted by atomic mass is 32.2. The summed E-state index contributed by atoms with van der Waals surface area (Å²) < 4.78 is 40.7. The molecular weight excluding hydrogens is 473 g/mol. The number of hydrogen-bond donors (Lipinski definition) is 3. The lowest BCUT2D eigenvalue weighted by molar-refractivity contribution is -0.159. The Morgan fingerprint density at radius 3 is 1.88 bits per heavy atom. The first-order chi connectivity index (χ1) is 15.9. The molecule has 0 spiro atoms. The van der Waals surface area contributed by atoms with Gasteiger partial charge in [-0.05, 0) is 36.4 Å². The van der Waals surface area contributed by atoms with Gasteiger partial charge in [0.2, 0.25) is 15.9 Å². The predicted octanol–water partition coefficient (Wildman–Crippen LogP) is 1.09. The highest BCUT2D eigenvalue weighted by Gasteiger charge is 2.31. The summed E-state index contributed by atoms with van der Waals surface area (Å²) in [6.45, 7) is 1.96. The predicted molar refractivity (Wildman–Crippen MR) is 117 cm³/mol. The molecule has 1 heterocycles. The number of hydrogen-bond acceptors (Lipinski definition) is 6. The second kappa shape index (κ2) is 11.3. The van der Waals surface area contributed by atoms with E-state index in [0.29, 0.717) is 5.69 Å². The summed E-state index contributed by atoms with van der Waals surface area (Å²) >= 11 is 0. The maximum Gasteiger partial charge on any atom is 0.414 e. The highest BCUT2D eigenvalue weighted by Crippen LogP contribution is 2.21. The fourth-order valence-electron chi connectivity index (χ4n) is 3.00. The van der Waals surface area contributed by atoms with Gasteiger partial charge in [-0.1, -0.05) is 12.1 Å². The third kappa shape index (κ3) is 6.83. The number of halogens is 1. The molecule has 0 saturated carbocycles. The number of nitrogens with one attached hydrogen (secondary N) is 1. The first-order valence-electron chi connectivity index (χ1n) is 9.81. The van der Waals surface area contributed by atoms with Crippen molar-refractivity contribution in [2.75, 3.05) is 31.5 Å². The van der Waals surface area contributed by atoms with E-state index in [0.717, 1.165) is 0 Å². The molecule has 3 N–H and O–H groups in total. The molecule has 182 valence electrons. The van der Waals surface area contributed by atoms with E-state index < -0.39 is 33.7 Å². The number of aliphatic carboxylic acids is 2. The SMILES string of the molecule is CC(=O)Nc1ccc(S(=O)(=O)N2CCN(C(=O)c3ccccc3F)CC2)cc1.O=C(O)C(=O)O. The third-order valence-corrected chi connectivity index (χ3v) is 6.54. The van der Waals surface area contributed by atoms with Crippen LogP contribution in [0.15, 0.2) is 53.4 Å². The van der Waals surface area contributed by atoms with Crippen molar-refractivity contribution in [3.63, 3.8) is 0 Å². The van der Waals surface area contributed by atoms with Crippen LogP contribution in [0.1, 0.15) is 17.3 Å². The van der Waals surface area contributed by atoms with E-state index in [1.54, 1.807) is 6.07 Å². The summed E-state index contributed by atoms with van der Waals surface area (Å²) in [5.74, 6) is -4.94. The summed E-state index contributed by atoms with van der Waals surface area (Å²) in [6.07, 6.45) is 0. The summed E-state index contributed by atoms with van der Waals surface area (Å²) in [6, 6.07) is 11.6. The van der Waals surface area contributed by atoms with Crippen molar-refractivity contribution in [1.82, 2.24) is 9.21 Å². The number of benzene rings is 2. The van der Waals surface area contributed by atoms with E-state index in [1.165, 1.54) is 58.6 Å². The number of sulfonamides is 1. The average Bonchev–Trinajstić information content (AvgIpc) is 2.79.